The second-order valence-corrected chi connectivity index (χ2v) is 6.13. The smallest absolute Gasteiger partial charge is 0.122 e. The molecule has 21 heavy (non-hydrogen) atoms. The summed E-state index contributed by atoms with van der Waals surface area (Å²) in [7, 11) is 2.02. The molecule has 0 spiro atoms. The van der Waals surface area contributed by atoms with Crippen molar-refractivity contribution in [2.24, 2.45) is 7.05 Å². The molecule has 0 radical (unpaired) electrons. The topological polar surface area (TPSA) is 41.3 Å². The third-order valence-electron chi connectivity index (χ3n) is 4.56. The van der Waals surface area contributed by atoms with E-state index < -0.39 is 5.60 Å². The number of hydrogen-bond acceptors (Lipinski definition) is 3. The maximum Gasteiger partial charge on any atom is 0.122 e. The zero-order chi connectivity index (χ0) is 14.9. The van der Waals surface area contributed by atoms with E-state index in [1.165, 1.54) is 5.56 Å². The number of imidazole rings is 1. The highest BCUT2D eigenvalue weighted by atomic mass is 16.3. The van der Waals surface area contributed by atoms with Crippen LogP contribution in [0.3, 0.4) is 0 Å². The number of piperidine rings is 1. The number of nitrogens with zero attached hydrogens (tertiary/aromatic N) is 3. The Morgan fingerprint density at radius 2 is 1.86 bits per heavy atom. The molecule has 1 saturated heterocycles. The van der Waals surface area contributed by atoms with Gasteiger partial charge >= 0.3 is 0 Å². The van der Waals surface area contributed by atoms with Crippen molar-refractivity contribution in [3.8, 4) is 0 Å². The quantitative estimate of drug-likeness (QED) is 0.940. The van der Waals surface area contributed by atoms with Crippen LogP contribution in [-0.4, -0.2) is 32.6 Å². The van der Waals surface area contributed by atoms with E-state index in [4.69, 9.17) is 0 Å². The molecule has 2 aromatic rings. The Balaban J connectivity index is 1.64. The van der Waals surface area contributed by atoms with Crippen molar-refractivity contribution in [3.05, 3.63) is 53.6 Å². The van der Waals surface area contributed by atoms with Crippen molar-refractivity contribution < 1.29 is 5.11 Å². The predicted molar refractivity (Wildman–Crippen MR) is 82.8 cm³/mol. The number of hydrogen-bond donors (Lipinski definition) is 1. The lowest BCUT2D eigenvalue weighted by atomic mass is 9.84. The van der Waals surface area contributed by atoms with Crippen LogP contribution in [0.15, 0.2) is 36.7 Å². The zero-order valence-electron chi connectivity index (χ0n) is 12.8. The zero-order valence-corrected chi connectivity index (χ0v) is 12.8. The van der Waals surface area contributed by atoms with E-state index in [0.29, 0.717) is 0 Å². The van der Waals surface area contributed by atoms with Crippen LogP contribution in [0.1, 0.15) is 29.8 Å². The standard InChI is InChI=1S/C17H23N3O/c1-14-3-5-15(6-4-14)17(21)7-10-20(11-8-17)13-16-18-9-12-19(16)2/h3-6,9,12,21H,7-8,10-11,13H2,1-2H3. The van der Waals surface area contributed by atoms with Gasteiger partial charge in [-0.2, -0.15) is 0 Å². The number of likely N-dealkylation sites (tertiary alicyclic amines) is 1. The largest absolute Gasteiger partial charge is 0.385 e. The fraction of sp³-hybridized carbons (Fsp3) is 0.471. The van der Waals surface area contributed by atoms with Crippen molar-refractivity contribution >= 4 is 0 Å². The van der Waals surface area contributed by atoms with Gasteiger partial charge in [0.05, 0.1) is 12.1 Å². The van der Waals surface area contributed by atoms with Gasteiger partial charge in [-0.3, -0.25) is 4.90 Å². The van der Waals surface area contributed by atoms with Gasteiger partial charge in [0, 0.05) is 32.5 Å². The van der Waals surface area contributed by atoms with Gasteiger partial charge in [-0.1, -0.05) is 29.8 Å². The third kappa shape index (κ3) is 3.01. The van der Waals surface area contributed by atoms with Crippen molar-refractivity contribution in [2.45, 2.75) is 31.9 Å². The predicted octanol–water partition coefficient (Wildman–Crippen LogP) is 2.21. The molecule has 1 aliphatic rings. The lowest BCUT2D eigenvalue weighted by Crippen LogP contribution is -2.42. The van der Waals surface area contributed by atoms with Crippen molar-refractivity contribution in [2.75, 3.05) is 13.1 Å². The number of aliphatic hydroxyl groups is 1. The van der Waals surface area contributed by atoms with Gasteiger partial charge in [0.15, 0.2) is 0 Å². The Bertz CT molecular complexity index is 595. The molecule has 0 unspecified atom stereocenters. The highest BCUT2D eigenvalue weighted by Crippen LogP contribution is 2.33. The average molecular weight is 285 g/mol. The van der Waals surface area contributed by atoms with Crippen LogP contribution in [-0.2, 0) is 19.2 Å². The molecule has 112 valence electrons. The lowest BCUT2D eigenvalue weighted by molar-refractivity contribution is -0.0283. The monoisotopic (exact) mass is 285 g/mol. The van der Waals surface area contributed by atoms with Crippen LogP contribution in [0, 0.1) is 6.92 Å². The maximum absolute atomic E-state index is 10.9. The van der Waals surface area contributed by atoms with Gasteiger partial charge in [-0.15, -0.1) is 0 Å². The van der Waals surface area contributed by atoms with Gasteiger partial charge in [-0.25, -0.2) is 4.98 Å². The van der Waals surface area contributed by atoms with Gasteiger partial charge in [0.1, 0.15) is 5.82 Å². The van der Waals surface area contributed by atoms with Crippen LogP contribution in [0.25, 0.3) is 0 Å². The van der Waals surface area contributed by atoms with E-state index >= 15 is 0 Å². The van der Waals surface area contributed by atoms with E-state index in [1.807, 2.05) is 19.4 Å². The van der Waals surface area contributed by atoms with E-state index in [9.17, 15) is 5.11 Å². The van der Waals surface area contributed by atoms with Crippen LogP contribution < -0.4 is 0 Å². The molecule has 4 heteroatoms. The Morgan fingerprint density at radius 1 is 1.19 bits per heavy atom. The summed E-state index contributed by atoms with van der Waals surface area (Å²) < 4.78 is 2.06. The molecule has 3 rings (SSSR count). The first-order valence-corrected chi connectivity index (χ1v) is 7.55. The summed E-state index contributed by atoms with van der Waals surface area (Å²) in [5, 5.41) is 10.9. The summed E-state index contributed by atoms with van der Waals surface area (Å²) in [6.45, 7) is 4.73. The highest BCUT2D eigenvalue weighted by molar-refractivity contribution is 5.27. The van der Waals surface area contributed by atoms with E-state index in [-0.39, 0.29) is 0 Å². The summed E-state index contributed by atoms with van der Waals surface area (Å²) in [4.78, 5) is 6.74. The average Bonchev–Trinajstić information content (AvgIpc) is 2.88. The van der Waals surface area contributed by atoms with Gasteiger partial charge in [0.2, 0.25) is 0 Å². The maximum atomic E-state index is 10.9. The Morgan fingerprint density at radius 3 is 2.43 bits per heavy atom. The minimum absolute atomic E-state index is 0.675. The number of benzene rings is 1. The first-order chi connectivity index (χ1) is 10.1. The highest BCUT2D eigenvalue weighted by Gasteiger charge is 2.34. The first-order valence-electron chi connectivity index (χ1n) is 7.55. The second kappa shape index (κ2) is 5.62. The summed E-state index contributed by atoms with van der Waals surface area (Å²) in [5.41, 5.74) is 1.60. The van der Waals surface area contributed by atoms with Crippen molar-refractivity contribution in [1.29, 1.82) is 0 Å². The van der Waals surface area contributed by atoms with Crippen LogP contribution >= 0.6 is 0 Å². The molecule has 0 saturated carbocycles. The summed E-state index contributed by atoms with van der Waals surface area (Å²) >= 11 is 0. The van der Waals surface area contributed by atoms with Gasteiger partial charge in [-0.05, 0) is 25.3 Å². The third-order valence-corrected chi connectivity index (χ3v) is 4.56. The molecule has 4 nitrogen and oxygen atoms in total. The van der Waals surface area contributed by atoms with Crippen LogP contribution in [0.4, 0.5) is 0 Å². The summed E-state index contributed by atoms with van der Waals surface area (Å²) in [6, 6.07) is 8.27. The van der Waals surface area contributed by atoms with Gasteiger partial charge < -0.3 is 9.67 Å². The fourth-order valence-corrected chi connectivity index (χ4v) is 2.98. The number of aryl methyl sites for hydroxylation is 2. The minimum Gasteiger partial charge on any atom is -0.385 e. The number of rotatable bonds is 3. The molecule has 1 aliphatic heterocycles. The molecule has 1 N–H and O–H groups in total. The molecule has 2 heterocycles. The van der Waals surface area contributed by atoms with E-state index in [2.05, 4.69) is 45.6 Å². The Labute approximate surface area is 126 Å². The minimum atomic E-state index is -0.675. The van der Waals surface area contributed by atoms with Gasteiger partial charge in [0.25, 0.3) is 0 Å². The molecule has 0 aliphatic carbocycles. The summed E-state index contributed by atoms with van der Waals surface area (Å²) in [5.74, 6) is 1.08. The SMILES string of the molecule is Cc1ccc(C2(O)CCN(Cc3nccn3C)CC2)cc1. The normalized spacial score (nSPS) is 18.8. The molecule has 0 atom stereocenters. The van der Waals surface area contributed by atoms with Crippen molar-refractivity contribution in [1.82, 2.24) is 14.5 Å². The van der Waals surface area contributed by atoms with Crippen LogP contribution in [0.2, 0.25) is 0 Å². The fourth-order valence-electron chi connectivity index (χ4n) is 2.98. The van der Waals surface area contributed by atoms with Crippen LogP contribution in [0.5, 0.6) is 0 Å². The first kappa shape index (κ1) is 14.3. The molecule has 0 bridgehead atoms. The molecule has 1 aromatic carbocycles. The molecular formula is C17H23N3O. The Hall–Kier alpha value is -1.65. The molecule has 1 fully saturated rings. The second-order valence-electron chi connectivity index (χ2n) is 6.13. The van der Waals surface area contributed by atoms with E-state index in [0.717, 1.165) is 43.9 Å². The lowest BCUT2D eigenvalue weighted by Gasteiger charge is -2.38. The Kier molecular flexibility index (Phi) is 3.83. The number of aromatic nitrogens is 2. The molecular weight excluding hydrogens is 262 g/mol. The van der Waals surface area contributed by atoms with E-state index in [1.54, 1.807) is 0 Å². The summed E-state index contributed by atoms with van der Waals surface area (Å²) in [6.07, 6.45) is 5.37. The molecule has 0 amide bonds. The van der Waals surface area contributed by atoms with Crippen molar-refractivity contribution in [3.63, 3.8) is 0 Å². The molecule has 1 aromatic heterocycles.